The van der Waals surface area contributed by atoms with E-state index in [4.69, 9.17) is 39.9 Å². The summed E-state index contributed by atoms with van der Waals surface area (Å²) in [5.74, 6) is 0. The number of rotatable bonds is 3. The second-order valence-electron chi connectivity index (χ2n) is 1.89. The van der Waals surface area contributed by atoms with Crippen LogP contribution in [0.25, 0.3) is 0 Å². The summed E-state index contributed by atoms with van der Waals surface area (Å²) in [4.78, 5) is 0. The van der Waals surface area contributed by atoms with Gasteiger partial charge in [0.25, 0.3) is 0 Å². The summed E-state index contributed by atoms with van der Waals surface area (Å²) in [7, 11) is 0. The molecule has 0 aromatic carbocycles. The second-order valence-corrected chi connectivity index (χ2v) is 3.19. The Labute approximate surface area is 75.6 Å². The number of alkyl halides is 1. The van der Waals surface area contributed by atoms with Crippen LogP contribution < -0.4 is 0 Å². The van der Waals surface area contributed by atoms with Gasteiger partial charge in [0.2, 0.25) is 5.22 Å². The number of hydrogen-bond donors (Lipinski definition) is 1. The molecule has 10 heavy (non-hydrogen) atoms. The smallest absolute Gasteiger partial charge is 0.200 e. The average molecular weight is 203 g/mol. The Bertz CT molecular complexity index is 129. The second kappa shape index (κ2) is 5.11. The summed E-state index contributed by atoms with van der Waals surface area (Å²) in [6, 6.07) is 0. The highest BCUT2D eigenvalue weighted by atomic mass is 35.5. The van der Waals surface area contributed by atoms with E-state index in [1.54, 1.807) is 0 Å². The zero-order valence-electron chi connectivity index (χ0n) is 5.57. The molecule has 0 radical (unpaired) electrons. The molecular weight excluding hydrogens is 194 g/mol. The van der Waals surface area contributed by atoms with Gasteiger partial charge in [-0.3, -0.25) is 0 Å². The molecule has 0 aromatic heterocycles. The van der Waals surface area contributed by atoms with Crippen molar-refractivity contribution in [3.05, 3.63) is 10.3 Å². The molecule has 0 fully saturated rings. The first-order chi connectivity index (χ1) is 4.59. The van der Waals surface area contributed by atoms with Crippen LogP contribution in [0.4, 0.5) is 0 Å². The zero-order valence-corrected chi connectivity index (χ0v) is 7.84. The molecule has 0 saturated heterocycles. The van der Waals surface area contributed by atoms with E-state index < -0.39 is 5.22 Å². The Morgan fingerprint density at radius 2 is 2.00 bits per heavy atom. The summed E-state index contributed by atoms with van der Waals surface area (Å²) in [6.45, 7) is 1.98. The van der Waals surface area contributed by atoms with Crippen molar-refractivity contribution in [2.75, 3.05) is 0 Å². The topological polar surface area (TPSA) is 20.2 Å². The SMILES string of the molecule is CCCC(Cl)C(Cl)=C(O)Cl. The summed E-state index contributed by atoms with van der Waals surface area (Å²) in [6.07, 6.45) is 1.63. The van der Waals surface area contributed by atoms with Crippen molar-refractivity contribution in [3.8, 4) is 0 Å². The third kappa shape index (κ3) is 3.55. The van der Waals surface area contributed by atoms with Crippen molar-refractivity contribution in [2.24, 2.45) is 0 Å². The predicted octanol–water partition coefficient (Wildman–Crippen LogP) is 3.60. The Morgan fingerprint density at radius 1 is 1.50 bits per heavy atom. The minimum absolute atomic E-state index is 0.130. The van der Waals surface area contributed by atoms with Gasteiger partial charge in [-0.25, -0.2) is 0 Å². The molecule has 0 amide bonds. The molecule has 1 nitrogen and oxygen atoms in total. The van der Waals surface area contributed by atoms with Crippen LogP contribution in [0.1, 0.15) is 19.8 Å². The molecule has 0 spiro atoms. The van der Waals surface area contributed by atoms with Crippen molar-refractivity contribution in [3.63, 3.8) is 0 Å². The molecule has 0 rings (SSSR count). The largest absolute Gasteiger partial charge is 0.498 e. The Kier molecular flexibility index (Phi) is 5.32. The van der Waals surface area contributed by atoms with Gasteiger partial charge < -0.3 is 5.11 Å². The van der Waals surface area contributed by atoms with Gasteiger partial charge in [-0.2, -0.15) is 0 Å². The fraction of sp³-hybridized carbons (Fsp3) is 0.667. The number of halogens is 3. The van der Waals surface area contributed by atoms with Crippen LogP contribution in [-0.4, -0.2) is 10.5 Å². The maximum absolute atomic E-state index is 8.65. The molecule has 0 aliphatic rings. The first-order valence-corrected chi connectivity index (χ1v) is 4.17. The van der Waals surface area contributed by atoms with E-state index in [-0.39, 0.29) is 10.4 Å². The summed E-state index contributed by atoms with van der Waals surface area (Å²) in [5.41, 5.74) is 0. The Balaban J connectivity index is 3.94. The van der Waals surface area contributed by atoms with E-state index in [0.29, 0.717) is 0 Å². The van der Waals surface area contributed by atoms with Crippen molar-refractivity contribution < 1.29 is 5.11 Å². The van der Waals surface area contributed by atoms with Crippen LogP contribution in [-0.2, 0) is 0 Å². The number of hydrogen-bond acceptors (Lipinski definition) is 1. The normalized spacial score (nSPS) is 16.4. The molecule has 0 heterocycles. The first-order valence-electron chi connectivity index (χ1n) is 2.97. The maximum atomic E-state index is 8.65. The van der Waals surface area contributed by atoms with Gasteiger partial charge in [0, 0.05) is 0 Å². The molecular formula is C6H9Cl3O. The van der Waals surface area contributed by atoms with Crippen LogP contribution in [0.5, 0.6) is 0 Å². The van der Waals surface area contributed by atoms with Crippen molar-refractivity contribution >= 4 is 34.8 Å². The molecule has 1 N–H and O–H groups in total. The zero-order chi connectivity index (χ0) is 8.15. The predicted molar refractivity (Wildman–Crippen MR) is 45.9 cm³/mol. The van der Waals surface area contributed by atoms with Crippen molar-refractivity contribution in [1.29, 1.82) is 0 Å². The lowest BCUT2D eigenvalue weighted by Gasteiger charge is -2.04. The third-order valence-electron chi connectivity index (χ3n) is 1.01. The molecule has 1 unspecified atom stereocenters. The summed E-state index contributed by atoms with van der Waals surface area (Å²) >= 11 is 16.4. The lowest BCUT2D eigenvalue weighted by molar-refractivity contribution is 0.447. The number of aliphatic hydroxyl groups is 1. The van der Waals surface area contributed by atoms with Crippen LogP contribution in [0.3, 0.4) is 0 Å². The molecule has 0 aliphatic heterocycles. The fourth-order valence-corrected chi connectivity index (χ4v) is 1.13. The van der Waals surface area contributed by atoms with Gasteiger partial charge in [-0.1, -0.05) is 24.9 Å². The van der Waals surface area contributed by atoms with Gasteiger partial charge >= 0.3 is 0 Å². The lowest BCUT2D eigenvalue weighted by atomic mass is 10.2. The van der Waals surface area contributed by atoms with Gasteiger partial charge in [0.1, 0.15) is 0 Å². The highest BCUT2D eigenvalue weighted by Gasteiger charge is 2.11. The fourth-order valence-electron chi connectivity index (χ4n) is 0.509. The van der Waals surface area contributed by atoms with Crippen molar-refractivity contribution in [2.45, 2.75) is 25.1 Å². The average Bonchev–Trinajstić information content (AvgIpc) is 1.87. The van der Waals surface area contributed by atoms with Crippen molar-refractivity contribution in [1.82, 2.24) is 0 Å². The van der Waals surface area contributed by atoms with E-state index in [9.17, 15) is 0 Å². The molecule has 0 bridgehead atoms. The monoisotopic (exact) mass is 202 g/mol. The van der Waals surface area contributed by atoms with Crippen LogP contribution in [0, 0.1) is 0 Å². The minimum Gasteiger partial charge on any atom is -0.498 e. The van der Waals surface area contributed by atoms with Crippen LogP contribution >= 0.6 is 34.8 Å². The van der Waals surface area contributed by atoms with E-state index in [0.717, 1.165) is 12.8 Å². The van der Waals surface area contributed by atoms with Gasteiger partial charge in [-0.05, 0) is 18.0 Å². The van der Waals surface area contributed by atoms with E-state index >= 15 is 0 Å². The Morgan fingerprint density at radius 3 is 2.30 bits per heavy atom. The molecule has 0 saturated carbocycles. The Hall–Kier alpha value is 0.410. The molecule has 1 atom stereocenters. The van der Waals surface area contributed by atoms with Gasteiger partial charge in [0.15, 0.2) is 0 Å². The van der Waals surface area contributed by atoms with E-state index in [1.165, 1.54) is 0 Å². The maximum Gasteiger partial charge on any atom is 0.200 e. The van der Waals surface area contributed by atoms with E-state index in [2.05, 4.69) is 0 Å². The minimum atomic E-state index is -0.407. The standard InChI is InChI=1S/C6H9Cl3O/c1-2-3-4(7)5(8)6(9)10/h4,10H,2-3H2,1H3. The third-order valence-corrected chi connectivity index (χ3v) is 2.31. The molecule has 0 aliphatic carbocycles. The lowest BCUT2D eigenvalue weighted by Crippen LogP contribution is -1.98. The molecule has 4 heteroatoms. The molecule has 0 aromatic rings. The first kappa shape index (κ1) is 10.4. The number of aliphatic hydroxyl groups excluding tert-OH is 1. The van der Waals surface area contributed by atoms with Crippen LogP contribution in [0.2, 0.25) is 0 Å². The highest BCUT2D eigenvalue weighted by Crippen LogP contribution is 2.23. The van der Waals surface area contributed by atoms with E-state index in [1.807, 2.05) is 6.92 Å². The highest BCUT2D eigenvalue weighted by molar-refractivity contribution is 6.42. The quantitative estimate of drug-likeness (QED) is 0.549. The van der Waals surface area contributed by atoms with Gasteiger partial charge in [0.05, 0.1) is 10.4 Å². The molecule has 60 valence electrons. The summed E-state index contributed by atoms with van der Waals surface area (Å²) in [5, 5.41) is 8.01. The van der Waals surface area contributed by atoms with Crippen LogP contribution in [0.15, 0.2) is 10.3 Å². The van der Waals surface area contributed by atoms with Gasteiger partial charge in [-0.15, -0.1) is 11.6 Å². The summed E-state index contributed by atoms with van der Waals surface area (Å²) < 4.78 is 0. The number of allylic oxidation sites excluding steroid dienone is 1.